The van der Waals surface area contributed by atoms with Gasteiger partial charge in [-0.1, -0.05) is 30.7 Å². The summed E-state index contributed by atoms with van der Waals surface area (Å²) in [5, 5.41) is 4.42. The molecule has 0 atom stereocenters. The number of aryl methyl sites for hydroxylation is 1. The first-order chi connectivity index (χ1) is 14.0. The number of hydrogen-bond acceptors (Lipinski definition) is 4. The molecular weight excluding hydrogens is 384 g/mol. The topological polar surface area (TPSA) is 48.5 Å². The summed E-state index contributed by atoms with van der Waals surface area (Å²) in [6, 6.07) is 15.0. The number of likely N-dealkylation sites (N-methyl/N-ethyl adjacent to an activating group) is 1. The highest BCUT2D eigenvalue weighted by Gasteiger charge is 2.18. The maximum Gasteiger partial charge on any atom is 0.257 e. The average molecular weight is 409 g/mol. The fraction of sp³-hybridized carbons (Fsp3) is 0.304. The lowest BCUT2D eigenvalue weighted by Gasteiger charge is -2.35. The second kappa shape index (κ2) is 8.39. The van der Waals surface area contributed by atoms with E-state index in [1.165, 1.54) is 0 Å². The van der Waals surface area contributed by atoms with E-state index in [4.69, 9.17) is 16.6 Å². The lowest BCUT2D eigenvalue weighted by Crippen LogP contribution is -2.46. The number of aromatic nitrogens is 1. The van der Waals surface area contributed by atoms with Gasteiger partial charge < -0.3 is 15.1 Å². The summed E-state index contributed by atoms with van der Waals surface area (Å²) < 4.78 is 0. The Bertz CT molecular complexity index is 1040. The van der Waals surface area contributed by atoms with Crippen molar-refractivity contribution in [3.05, 3.63) is 64.7 Å². The number of piperazine rings is 1. The number of hydrogen-bond donors (Lipinski definition) is 1. The first kappa shape index (κ1) is 19.7. The van der Waals surface area contributed by atoms with E-state index in [1.54, 1.807) is 18.2 Å². The van der Waals surface area contributed by atoms with Crippen LogP contribution in [0.5, 0.6) is 0 Å². The van der Waals surface area contributed by atoms with Gasteiger partial charge in [0.2, 0.25) is 0 Å². The van der Waals surface area contributed by atoms with Crippen molar-refractivity contribution in [3.8, 4) is 0 Å². The SMILES string of the molecule is CCN1CCN(c2cc(C)c3cc(NC(=O)c4ccccc4Cl)ccc3n2)CC1. The smallest absolute Gasteiger partial charge is 0.257 e. The van der Waals surface area contributed by atoms with E-state index >= 15 is 0 Å². The van der Waals surface area contributed by atoms with Crippen LogP contribution in [0.2, 0.25) is 5.02 Å². The van der Waals surface area contributed by atoms with Gasteiger partial charge in [0.15, 0.2) is 0 Å². The van der Waals surface area contributed by atoms with Crippen molar-refractivity contribution >= 4 is 39.9 Å². The molecule has 0 saturated carbocycles. The Kier molecular flexibility index (Phi) is 5.69. The molecule has 2 aromatic carbocycles. The van der Waals surface area contributed by atoms with Crippen LogP contribution >= 0.6 is 11.6 Å². The Labute approximate surface area is 176 Å². The maximum atomic E-state index is 12.5. The Hall–Kier alpha value is -2.63. The summed E-state index contributed by atoms with van der Waals surface area (Å²) >= 11 is 6.14. The lowest BCUT2D eigenvalue weighted by atomic mass is 10.1. The predicted octanol–water partition coefficient (Wildman–Crippen LogP) is 4.59. The Morgan fingerprint density at radius 2 is 1.86 bits per heavy atom. The third-order valence-electron chi connectivity index (χ3n) is 5.52. The molecular formula is C23H25ClN4O. The molecule has 150 valence electrons. The van der Waals surface area contributed by atoms with Gasteiger partial charge in [-0.2, -0.15) is 0 Å². The number of nitrogens with one attached hydrogen (secondary N) is 1. The third kappa shape index (κ3) is 4.21. The number of halogens is 1. The van der Waals surface area contributed by atoms with Gasteiger partial charge in [-0.15, -0.1) is 0 Å². The number of carbonyl (C=O) groups is 1. The summed E-state index contributed by atoms with van der Waals surface area (Å²) in [5.41, 5.74) is 3.28. The fourth-order valence-electron chi connectivity index (χ4n) is 3.75. The molecule has 5 nitrogen and oxygen atoms in total. The van der Waals surface area contributed by atoms with Crippen molar-refractivity contribution in [2.75, 3.05) is 42.9 Å². The van der Waals surface area contributed by atoms with Crippen LogP contribution < -0.4 is 10.2 Å². The van der Waals surface area contributed by atoms with Crippen molar-refractivity contribution < 1.29 is 4.79 Å². The van der Waals surface area contributed by atoms with E-state index in [9.17, 15) is 4.79 Å². The molecule has 0 spiro atoms. The molecule has 0 unspecified atom stereocenters. The molecule has 1 N–H and O–H groups in total. The molecule has 6 heteroatoms. The zero-order valence-electron chi connectivity index (χ0n) is 16.8. The number of nitrogens with zero attached hydrogens (tertiary/aromatic N) is 3. The molecule has 29 heavy (non-hydrogen) atoms. The van der Waals surface area contributed by atoms with Crippen LogP contribution in [0.3, 0.4) is 0 Å². The summed E-state index contributed by atoms with van der Waals surface area (Å²) in [7, 11) is 0. The van der Waals surface area contributed by atoms with E-state index < -0.39 is 0 Å². The second-order valence-electron chi connectivity index (χ2n) is 7.38. The lowest BCUT2D eigenvalue weighted by molar-refractivity contribution is 0.102. The standard InChI is InChI=1S/C23H25ClN4O/c1-3-27-10-12-28(13-11-27)22-14-16(2)19-15-17(8-9-21(19)26-22)25-23(29)18-6-4-5-7-20(18)24/h4-9,14-15H,3,10-13H2,1-2H3,(H,25,29). The van der Waals surface area contributed by atoms with Crippen molar-refractivity contribution in [1.29, 1.82) is 0 Å². The highest BCUT2D eigenvalue weighted by molar-refractivity contribution is 6.34. The van der Waals surface area contributed by atoms with Gasteiger partial charge in [0.25, 0.3) is 5.91 Å². The monoisotopic (exact) mass is 408 g/mol. The number of carbonyl (C=O) groups excluding carboxylic acids is 1. The first-order valence-corrected chi connectivity index (χ1v) is 10.4. The van der Waals surface area contributed by atoms with E-state index in [1.807, 2.05) is 24.3 Å². The van der Waals surface area contributed by atoms with E-state index in [2.05, 4.69) is 35.0 Å². The molecule has 1 saturated heterocycles. The normalized spacial score (nSPS) is 14.9. The minimum Gasteiger partial charge on any atom is -0.354 e. The van der Waals surface area contributed by atoms with E-state index in [0.29, 0.717) is 10.6 Å². The highest BCUT2D eigenvalue weighted by atomic mass is 35.5. The Morgan fingerprint density at radius 3 is 2.59 bits per heavy atom. The van der Waals surface area contributed by atoms with Crippen LogP contribution in [-0.4, -0.2) is 48.5 Å². The van der Waals surface area contributed by atoms with Crippen molar-refractivity contribution in [3.63, 3.8) is 0 Å². The molecule has 4 rings (SSSR count). The number of pyridine rings is 1. The van der Waals surface area contributed by atoms with E-state index in [0.717, 1.165) is 60.7 Å². The van der Waals surface area contributed by atoms with Gasteiger partial charge in [-0.05, 0) is 55.4 Å². The van der Waals surface area contributed by atoms with Gasteiger partial charge in [0.1, 0.15) is 5.82 Å². The summed E-state index contributed by atoms with van der Waals surface area (Å²) in [5.74, 6) is 0.810. The summed E-state index contributed by atoms with van der Waals surface area (Å²) in [6.45, 7) is 9.53. The van der Waals surface area contributed by atoms with Crippen LogP contribution in [0.4, 0.5) is 11.5 Å². The minimum atomic E-state index is -0.217. The van der Waals surface area contributed by atoms with Gasteiger partial charge in [0.05, 0.1) is 16.1 Å². The van der Waals surface area contributed by atoms with Crippen LogP contribution in [-0.2, 0) is 0 Å². The molecule has 1 aliphatic heterocycles. The number of fused-ring (bicyclic) bond motifs is 1. The van der Waals surface area contributed by atoms with Crippen molar-refractivity contribution in [1.82, 2.24) is 9.88 Å². The van der Waals surface area contributed by atoms with E-state index in [-0.39, 0.29) is 5.91 Å². The molecule has 1 amide bonds. The largest absolute Gasteiger partial charge is 0.354 e. The Morgan fingerprint density at radius 1 is 1.10 bits per heavy atom. The number of anilines is 2. The third-order valence-corrected chi connectivity index (χ3v) is 5.85. The molecule has 1 aromatic heterocycles. The van der Waals surface area contributed by atoms with Crippen molar-refractivity contribution in [2.24, 2.45) is 0 Å². The maximum absolute atomic E-state index is 12.5. The van der Waals surface area contributed by atoms with Gasteiger partial charge in [-0.3, -0.25) is 4.79 Å². The van der Waals surface area contributed by atoms with Crippen LogP contribution in [0.25, 0.3) is 10.9 Å². The molecule has 0 radical (unpaired) electrons. The van der Waals surface area contributed by atoms with Crippen LogP contribution in [0.1, 0.15) is 22.8 Å². The zero-order valence-corrected chi connectivity index (χ0v) is 17.5. The molecule has 1 aliphatic rings. The predicted molar refractivity (Wildman–Crippen MR) is 120 cm³/mol. The van der Waals surface area contributed by atoms with Crippen molar-refractivity contribution in [2.45, 2.75) is 13.8 Å². The first-order valence-electron chi connectivity index (χ1n) is 9.99. The fourth-order valence-corrected chi connectivity index (χ4v) is 3.97. The summed E-state index contributed by atoms with van der Waals surface area (Å²) in [4.78, 5) is 22.2. The molecule has 0 bridgehead atoms. The van der Waals surface area contributed by atoms with Crippen LogP contribution in [0.15, 0.2) is 48.5 Å². The molecule has 0 aliphatic carbocycles. The molecule has 1 fully saturated rings. The average Bonchev–Trinajstić information content (AvgIpc) is 2.74. The molecule has 3 aromatic rings. The van der Waals surface area contributed by atoms with Gasteiger partial charge in [0, 0.05) is 37.3 Å². The number of amides is 1. The van der Waals surface area contributed by atoms with Crippen LogP contribution in [0, 0.1) is 6.92 Å². The minimum absolute atomic E-state index is 0.217. The van der Waals surface area contributed by atoms with Gasteiger partial charge >= 0.3 is 0 Å². The second-order valence-corrected chi connectivity index (χ2v) is 7.79. The quantitative estimate of drug-likeness (QED) is 0.685. The number of benzene rings is 2. The molecule has 2 heterocycles. The van der Waals surface area contributed by atoms with Gasteiger partial charge in [-0.25, -0.2) is 4.98 Å². The summed E-state index contributed by atoms with van der Waals surface area (Å²) in [6.07, 6.45) is 0. The highest BCUT2D eigenvalue weighted by Crippen LogP contribution is 2.26. The number of rotatable bonds is 4. The zero-order chi connectivity index (χ0) is 20.4. The Balaban J connectivity index is 1.56.